The average molecular weight is 629 g/mol. The Bertz CT molecular complexity index is 1520. The third-order valence-electron chi connectivity index (χ3n) is 8.21. The zero-order valence-electron chi connectivity index (χ0n) is 26.3. The van der Waals surface area contributed by atoms with Gasteiger partial charge in [-0.3, -0.25) is 4.79 Å². The van der Waals surface area contributed by atoms with Crippen LogP contribution in [0.15, 0.2) is 152 Å². The molecular weight excluding hydrogens is 588 g/mol. The van der Waals surface area contributed by atoms with E-state index in [9.17, 15) is 4.79 Å². The van der Waals surface area contributed by atoms with Gasteiger partial charge in [-0.25, -0.2) is 0 Å². The van der Waals surface area contributed by atoms with Gasteiger partial charge in [-0.05, 0) is 27.8 Å². The van der Waals surface area contributed by atoms with Crippen molar-refractivity contribution in [1.82, 2.24) is 0 Å². The SMILES string of the molecule is O=C1[C@@H](OCc2ccccc2)[C@H](OCc2ccccc2)C(OCc2ccccc2)[C@@H](OCc2ccccc2)[C@H]1OCc1ccccc1. The first kappa shape index (κ1) is 32.5. The van der Waals surface area contributed by atoms with Gasteiger partial charge in [0.25, 0.3) is 0 Å². The zero-order chi connectivity index (χ0) is 32.1. The van der Waals surface area contributed by atoms with Crippen molar-refractivity contribution in [2.24, 2.45) is 0 Å². The molecule has 5 aromatic carbocycles. The van der Waals surface area contributed by atoms with Crippen molar-refractivity contribution in [3.8, 4) is 0 Å². The van der Waals surface area contributed by atoms with Crippen molar-refractivity contribution in [3.05, 3.63) is 179 Å². The first-order valence-corrected chi connectivity index (χ1v) is 16.1. The van der Waals surface area contributed by atoms with E-state index in [-0.39, 0.29) is 32.2 Å². The molecule has 0 amide bonds. The predicted molar refractivity (Wildman–Crippen MR) is 180 cm³/mol. The molecule has 1 saturated carbocycles. The van der Waals surface area contributed by atoms with Crippen LogP contribution < -0.4 is 0 Å². The van der Waals surface area contributed by atoms with Crippen molar-refractivity contribution < 1.29 is 28.5 Å². The van der Waals surface area contributed by atoms with Gasteiger partial charge in [-0.2, -0.15) is 0 Å². The molecule has 0 aliphatic heterocycles. The Labute approximate surface area is 276 Å². The van der Waals surface area contributed by atoms with Crippen molar-refractivity contribution in [2.75, 3.05) is 0 Å². The summed E-state index contributed by atoms with van der Waals surface area (Å²) in [4.78, 5) is 14.6. The number of ketones is 1. The second-order valence-corrected chi connectivity index (χ2v) is 11.6. The van der Waals surface area contributed by atoms with Gasteiger partial charge in [0.05, 0.1) is 33.0 Å². The summed E-state index contributed by atoms with van der Waals surface area (Å²) in [7, 11) is 0. The Balaban J connectivity index is 1.35. The molecule has 5 atom stereocenters. The minimum Gasteiger partial charge on any atom is -0.368 e. The Morgan fingerprint density at radius 1 is 0.319 bits per heavy atom. The topological polar surface area (TPSA) is 63.2 Å². The smallest absolute Gasteiger partial charge is 0.195 e. The highest BCUT2D eigenvalue weighted by Crippen LogP contribution is 2.32. The molecule has 0 bridgehead atoms. The van der Waals surface area contributed by atoms with Gasteiger partial charge in [-0.1, -0.05) is 152 Å². The lowest BCUT2D eigenvalue weighted by atomic mass is 9.85. The largest absolute Gasteiger partial charge is 0.368 e. The molecule has 6 nitrogen and oxygen atoms in total. The van der Waals surface area contributed by atoms with Crippen LogP contribution in [0.25, 0.3) is 0 Å². The van der Waals surface area contributed by atoms with Crippen molar-refractivity contribution in [2.45, 2.75) is 63.6 Å². The fourth-order valence-electron chi connectivity index (χ4n) is 5.75. The summed E-state index contributed by atoms with van der Waals surface area (Å²) >= 11 is 0. The van der Waals surface area contributed by atoms with Crippen LogP contribution in [-0.4, -0.2) is 36.3 Å². The van der Waals surface area contributed by atoms with Gasteiger partial charge in [-0.15, -0.1) is 0 Å². The molecule has 6 rings (SSSR count). The maximum absolute atomic E-state index is 14.6. The lowest BCUT2D eigenvalue weighted by Gasteiger charge is -2.44. The Morgan fingerprint density at radius 2 is 0.553 bits per heavy atom. The van der Waals surface area contributed by atoms with E-state index in [4.69, 9.17) is 23.7 Å². The van der Waals surface area contributed by atoms with Crippen LogP contribution >= 0.6 is 0 Å². The van der Waals surface area contributed by atoms with Gasteiger partial charge in [0.2, 0.25) is 0 Å². The number of benzene rings is 5. The highest BCUT2D eigenvalue weighted by atomic mass is 16.6. The summed E-state index contributed by atoms with van der Waals surface area (Å²) in [5.41, 5.74) is 4.86. The third kappa shape index (κ3) is 9.10. The lowest BCUT2D eigenvalue weighted by molar-refractivity contribution is -0.238. The number of carbonyl (C=O) groups is 1. The van der Waals surface area contributed by atoms with Gasteiger partial charge in [0.15, 0.2) is 5.78 Å². The molecular formula is C41H40O6. The van der Waals surface area contributed by atoms with Crippen molar-refractivity contribution in [3.63, 3.8) is 0 Å². The van der Waals surface area contributed by atoms with E-state index in [1.807, 2.05) is 152 Å². The Morgan fingerprint density at radius 3 is 0.830 bits per heavy atom. The molecule has 0 radical (unpaired) electrons. The summed E-state index contributed by atoms with van der Waals surface area (Å²) in [6.07, 6.45) is -4.16. The van der Waals surface area contributed by atoms with Crippen LogP contribution in [0.2, 0.25) is 0 Å². The molecule has 1 fully saturated rings. The van der Waals surface area contributed by atoms with Crippen LogP contribution in [0.5, 0.6) is 0 Å². The molecule has 1 unspecified atom stereocenters. The van der Waals surface area contributed by atoms with E-state index < -0.39 is 30.5 Å². The number of ether oxygens (including phenoxy) is 5. The summed E-state index contributed by atoms with van der Waals surface area (Å²) in [5, 5.41) is 0. The number of hydrogen-bond acceptors (Lipinski definition) is 6. The zero-order valence-corrected chi connectivity index (χ0v) is 26.3. The molecule has 0 spiro atoms. The number of carbonyl (C=O) groups excluding carboxylic acids is 1. The molecule has 5 aromatic rings. The fourth-order valence-corrected chi connectivity index (χ4v) is 5.75. The quantitative estimate of drug-likeness (QED) is 0.120. The predicted octanol–water partition coefficient (Wildman–Crippen LogP) is 7.50. The van der Waals surface area contributed by atoms with E-state index in [1.54, 1.807) is 0 Å². The summed E-state index contributed by atoms with van der Waals surface area (Å²) in [5.74, 6) is -0.229. The van der Waals surface area contributed by atoms with Crippen LogP contribution in [-0.2, 0) is 61.5 Å². The molecule has 0 heterocycles. The van der Waals surface area contributed by atoms with Gasteiger partial charge < -0.3 is 23.7 Å². The van der Waals surface area contributed by atoms with Crippen molar-refractivity contribution in [1.29, 1.82) is 0 Å². The van der Waals surface area contributed by atoms with E-state index in [2.05, 4.69) is 0 Å². The van der Waals surface area contributed by atoms with Gasteiger partial charge in [0.1, 0.15) is 30.5 Å². The first-order chi connectivity index (χ1) is 23.2. The molecule has 0 N–H and O–H groups in total. The van der Waals surface area contributed by atoms with Crippen LogP contribution in [0.3, 0.4) is 0 Å². The first-order valence-electron chi connectivity index (χ1n) is 16.1. The van der Waals surface area contributed by atoms with Crippen molar-refractivity contribution >= 4 is 5.78 Å². The number of rotatable bonds is 15. The molecule has 0 saturated heterocycles. The molecule has 1 aliphatic rings. The molecule has 47 heavy (non-hydrogen) atoms. The fraction of sp³-hybridized carbons (Fsp3) is 0.244. The molecule has 6 heteroatoms. The van der Waals surface area contributed by atoms with Crippen LogP contribution in [0, 0.1) is 0 Å². The normalized spacial score (nSPS) is 21.0. The molecule has 0 aromatic heterocycles. The van der Waals surface area contributed by atoms with E-state index in [0.717, 1.165) is 27.8 Å². The van der Waals surface area contributed by atoms with Crippen LogP contribution in [0.4, 0.5) is 0 Å². The molecule has 240 valence electrons. The maximum Gasteiger partial charge on any atom is 0.195 e. The number of Topliss-reactive ketones (excluding diaryl/α,β-unsaturated/α-hetero) is 1. The van der Waals surface area contributed by atoms with Gasteiger partial charge in [0, 0.05) is 0 Å². The Hall–Kier alpha value is -4.43. The van der Waals surface area contributed by atoms with E-state index in [0.29, 0.717) is 6.61 Å². The van der Waals surface area contributed by atoms with E-state index in [1.165, 1.54) is 0 Å². The van der Waals surface area contributed by atoms with E-state index >= 15 is 0 Å². The standard InChI is InChI=1S/C41H40O6/c42-36-37(43-26-31-16-6-1-7-17-31)39(45-28-33-20-10-3-11-21-33)41(47-30-35-24-14-5-15-25-35)40(46-29-34-22-12-4-13-23-34)38(36)44-27-32-18-8-2-9-19-32/h1-25,37-41H,26-30H2/t37-,38+,39-,40-,41?/m0/s1. The lowest BCUT2D eigenvalue weighted by Crippen LogP contribution is -2.65. The highest BCUT2D eigenvalue weighted by molar-refractivity contribution is 5.90. The average Bonchev–Trinajstić information content (AvgIpc) is 3.14. The highest BCUT2D eigenvalue weighted by Gasteiger charge is 2.54. The molecule has 1 aliphatic carbocycles. The van der Waals surface area contributed by atoms with Gasteiger partial charge >= 0.3 is 0 Å². The summed E-state index contributed by atoms with van der Waals surface area (Å²) in [6, 6.07) is 49.4. The monoisotopic (exact) mass is 628 g/mol. The number of hydrogen-bond donors (Lipinski definition) is 0. The Kier molecular flexibility index (Phi) is 11.7. The third-order valence-corrected chi connectivity index (χ3v) is 8.21. The minimum atomic E-state index is -0.961. The summed E-state index contributed by atoms with van der Waals surface area (Å²) in [6.45, 7) is 1.31. The van der Waals surface area contributed by atoms with Crippen LogP contribution in [0.1, 0.15) is 27.8 Å². The summed E-state index contributed by atoms with van der Waals surface area (Å²) < 4.78 is 32.9. The minimum absolute atomic E-state index is 0.229. The second kappa shape index (κ2) is 16.9. The second-order valence-electron chi connectivity index (χ2n) is 11.6. The maximum atomic E-state index is 14.6.